The molecule has 0 amide bonds. The van der Waals surface area contributed by atoms with E-state index in [1.54, 1.807) is 12.2 Å². The average molecular weight is 174 g/mol. The van der Waals surface area contributed by atoms with Gasteiger partial charge in [-0.15, -0.1) is 5.73 Å². The highest BCUT2D eigenvalue weighted by molar-refractivity contribution is 7.90. The minimum absolute atomic E-state index is 0.0567. The van der Waals surface area contributed by atoms with E-state index in [0.717, 1.165) is 0 Å². The molecule has 0 aliphatic heterocycles. The summed E-state index contributed by atoms with van der Waals surface area (Å²) in [7, 11) is -2.84. The summed E-state index contributed by atoms with van der Waals surface area (Å²) >= 11 is 0. The Morgan fingerprint density at radius 3 is 2.45 bits per heavy atom. The Kier molecular flexibility index (Phi) is 4.16. The molecule has 0 aliphatic carbocycles. The minimum Gasteiger partial charge on any atom is -0.229 e. The van der Waals surface area contributed by atoms with Gasteiger partial charge in [0.2, 0.25) is 0 Å². The van der Waals surface area contributed by atoms with Crippen LogP contribution >= 0.6 is 0 Å². The highest BCUT2D eigenvalue weighted by Crippen LogP contribution is 1.99. The molecule has 0 aliphatic rings. The van der Waals surface area contributed by atoms with E-state index < -0.39 is 9.84 Å². The zero-order valence-corrected chi connectivity index (χ0v) is 7.98. The van der Waals surface area contributed by atoms with Crippen LogP contribution in [-0.2, 0) is 9.84 Å². The lowest BCUT2D eigenvalue weighted by molar-refractivity contribution is 0.594. The fraction of sp³-hybridized carbons (Fsp3) is 0.625. The van der Waals surface area contributed by atoms with Crippen molar-refractivity contribution in [1.29, 1.82) is 0 Å². The van der Waals surface area contributed by atoms with Crippen LogP contribution in [-0.4, -0.2) is 20.4 Å². The van der Waals surface area contributed by atoms with Gasteiger partial charge in [-0.2, -0.15) is 0 Å². The first kappa shape index (κ1) is 10.5. The van der Waals surface area contributed by atoms with Crippen LogP contribution in [0.3, 0.4) is 0 Å². The summed E-state index contributed by atoms with van der Waals surface area (Å²) in [4.78, 5) is 0. The summed E-state index contributed by atoms with van der Waals surface area (Å²) in [6, 6.07) is 0. The van der Waals surface area contributed by atoms with Crippen molar-refractivity contribution >= 4 is 9.84 Å². The fourth-order valence-corrected chi connectivity index (χ4v) is 1.84. The molecule has 0 heterocycles. The van der Waals surface area contributed by atoms with Gasteiger partial charge in [0.05, 0.1) is 5.75 Å². The summed E-state index contributed by atoms with van der Waals surface area (Å²) in [6.07, 6.45) is 4.77. The average Bonchev–Trinajstić information content (AvgIpc) is 1.79. The van der Waals surface area contributed by atoms with Crippen molar-refractivity contribution in [3.05, 3.63) is 17.9 Å². The van der Waals surface area contributed by atoms with E-state index >= 15 is 0 Å². The molecule has 1 unspecified atom stereocenters. The Hall–Kier alpha value is -0.530. The van der Waals surface area contributed by atoms with Gasteiger partial charge in [0.25, 0.3) is 0 Å². The van der Waals surface area contributed by atoms with Crippen molar-refractivity contribution in [2.45, 2.75) is 13.8 Å². The summed E-state index contributed by atoms with van der Waals surface area (Å²) in [5, 5.41) is 0. The molecule has 0 radical (unpaired) electrons. The predicted octanol–water partition coefficient (Wildman–Crippen LogP) is 1.40. The molecule has 0 N–H and O–H groups in total. The zero-order chi connectivity index (χ0) is 8.91. The van der Waals surface area contributed by atoms with Gasteiger partial charge < -0.3 is 0 Å². The molecular weight excluding hydrogens is 160 g/mol. The Bertz CT molecular complexity index is 256. The molecule has 0 aromatic heterocycles. The smallest absolute Gasteiger partial charge is 0.148 e. The van der Waals surface area contributed by atoms with Crippen molar-refractivity contribution in [1.82, 2.24) is 0 Å². The lowest BCUT2D eigenvalue weighted by Crippen LogP contribution is -2.09. The first-order valence-electron chi connectivity index (χ1n) is 3.50. The summed E-state index contributed by atoms with van der Waals surface area (Å²) < 4.78 is 21.5. The third kappa shape index (κ3) is 7.37. The molecule has 0 spiro atoms. The van der Waals surface area contributed by atoms with Crippen LogP contribution in [0.1, 0.15) is 13.8 Å². The SMILES string of the molecule is CC=C=CC(C)CS(C)(=O)=O. The van der Waals surface area contributed by atoms with Crippen LogP contribution in [0.25, 0.3) is 0 Å². The van der Waals surface area contributed by atoms with Crippen molar-refractivity contribution in [2.75, 3.05) is 12.0 Å². The van der Waals surface area contributed by atoms with Gasteiger partial charge >= 0.3 is 0 Å². The second-order valence-corrected chi connectivity index (χ2v) is 4.88. The lowest BCUT2D eigenvalue weighted by Gasteiger charge is -2.00. The Balaban J connectivity index is 4.10. The standard InChI is InChI=1S/C8H14O2S/c1-4-5-6-8(2)7-11(3,9)10/h4,6,8H,7H2,1-3H3. The highest BCUT2D eigenvalue weighted by Gasteiger charge is 2.06. The van der Waals surface area contributed by atoms with E-state index in [0.29, 0.717) is 0 Å². The van der Waals surface area contributed by atoms with Gasteiger partial charge in [0.1, 0.15) is 9.84 Å². The lowest BCUT2D eigenvalue weighted by atomic mass is 10.2. The quantitative estimate of drug-likeness (QED) is 0.606. The first-order valence-corrected chi connectivity index (χ1v) is 5.56. The molecule has 64 valence electrons. The maximum atomic E-state index is 10.7. The van der Waals surface area contributed by atoms with Crippen LogP contribution in [0.15, 0.2) is 17.9 Å². The van der Waals surface area contributed by atoms with Gasteiger partial charge in [-0.05, 0) is 25.0 Å². The second kappa shape index (κ2) is 4.37. The number of rotatable bonds is 3. The van der Waals surface area contributed by atoms with Crippen LogP contribution in [0.4, 0.5) is 0 Å². The maximum Gasteiger partial charge on any atom is 0.148 e. The van der Waals surface area contributed by atoms with Crippen molar-refractivity contribution < 1.29 is 8.42 Å². The number of hydrogen-bond acceptors (Lipinski definition) is 2. The number of sulfone groups is 1. The van der Waals surface area contributed by atoms with Gasteiger partial charge in [0.15, 0.2) is 0 Å². The van der Waals surface area contributed by atoms with Crippen LogP contribution in [0.5, 0.6) is 0 Å². The van der Waals surface area contributed by atoms with E-state index in [9.17, 15) is 8.42 Å². The normalized spacial score (nSPS) is 13.4. The van der Waals surface area contributed by atoms with Crippen molar-refractivity contribution in [3.8, 4) is 0 Å². The molecule has 0 bridgehead atoms. The molecule has 3 heteroatoms. The summed E-state index contributed by atoms with van der Waals surface area (Å²) in [5.74, 6) is 0.259. The van der Waals surface area contributed by atoms with E-state index in [1.807, 2.05) is 13.8 Å². The minimum atomic E-state index is -2.84. The van der Waals surface area contributed by atoms with Gasteiger partial charge in [0, 0.05) is 6.26 Å². The molecule has 0 aromatic carbocycles. The van der Waals surface area contributed by atoms with Crippen LogP contribution in [0, 0.1) is 5.92 Å². The zero-order valence-electron chi connectivity index (χ0n) is 7.16. The number of hydrogen-bond donors (Lipinski definition) is 0. The highest BCUT2D eigenvalue weighted by atomic mass is 32.2. The van der Waals surface area contributed by atoms with E-state index in [4.69, 9.17) is 0 Å². The maximum absolute atomic E-state index is 10.7. The van der Waals surface area contributed by atoms with Gasteiger partial charge in [-0.3, -0.25) is 0 Å². The van der Waals surface area contributed by atoms with Gasteiger partial charge in [-0.1, -0.05) is 6.92 Å². The molecule has 1 atom stereocenters. The monoisotopic (exact) mass is 174 g/mol. The molecule has 2 nitrogen and oxygen atoms in total. The first-order chi connectivity index (χ1) is 4.95. The van der Waals surface area contributed by atoms with E-state index in [-0.39, 0.29) is 11.7 Å². The Morgan fingerprint density at radius 2 is 2.09 bits per heavy atom. The largest absolute Gasteiger partial charge is 0.229 e. The van der Waals surface area contributed by atoms with Crippen molar-refractivity contribution in [2.24, 2.45) is 5.92 Å². The molecule has 0 saturated heterocycles. The molecule has 0 fully saturated rings. The van der Waals surface area contributed by atoms with E-state index in [1.165, 1.54) is 6.26 Å². The van der Waals surface area contributed by atoms with Crippen LogP contribution in [0.2, 0.25) is 0 Å². The molecule has 0 aromatic rings. The van der Waals surface area contributed by atoms with Crippen LogP contribution < -0.4 is 0 Å². The Morgan fingerprint density at radius 1 is 1.55 bits per heavy atom. The third-order valence-electron chi connectivity index (χ3n) is 1.11. The summed E-state index contributed by atoms with van der Waals surface area (Å²) in [6.45, 7) is 3.71. The van der Waals surface area contributed by atoms with E-state index in [2.05, 4.69) is 5.73 Å². The fourth-order valence-electron chi connectivity index (χ4n) is 0.786. The third-order valence-corrected chi connectivity index (χ3v) is 2.24. The molecule has 0 saturated carbocycles. The second-order valence-electron chi connectivity index (χ2n) is 2.69. The number of allylic oxidation sites excluding steroid dienone is 1. The topological polar surface area (TPSA) is 34.1 Å². The molecule has 0 rings (SSSR count). The Labute approximate surface area is 68.5 Å². The predicted molar refractivity (Wildman–Crippen MR) is 47.2 cm³/mol. The van der Waals surface area contributed by atoms with Gasteiger partial charge in [-0.25, -0.2) is 8.42 Å². The molecular formula is C8H14O2S. The van der Waals surface area contributed by atoms with Crippen molar-refractivity contribution in [3.63, 3.8) is 0 Å². The molecule has 11 heavy (non-hydrogen) atoms. The summed E-state index contributed by atoms with van der Waals surface area (Å²) in [5.41, 5.74) is 2.86.